The van der Waals surface area contributed by atoms with Crippen LogP contribution in [0.4, 0.5) is 0 Å². The molecule has 1 aliphatic rings. The lowest BCUT2D eigenvalue weighted by molar-refractivity contribution is -0.140. The van der Waals surface area contributed by atoms with Crippen LogP contribution in [0.2, 0.25) is 0 Å². The third-order valence-electron chi connectivity index (χ3n) is 5.39. The molecule has 1 fully saturated rings. The molecule has 0 saturated carbocycles. The normalized spacial score (nSPS) is 20.8. The van der Waals surface area contributed by atoms with Gasteiger partial charge in [0, 0.05) is 6.42 Å². The highest BCUT2D eigenvalue weighted by atomic mass is 16.6. The number of esters is 1. The molecule has 0 bridgehead atoms. The highest BCUT2D eigenvalue weighted by Gasteiger charge is 2.42. The van der Waals surface area contributed by atoms with E-state index in [4.69, 9.17) is 4.74 Å². The highest BCUT2D eigenvalue weighted by Crippen LogP contribution is 2.37. The second kappa shape index (κ2) is 13.7. The predicted molar refractivity (Wildman–Crippen MR) is 100 cm³/mol. The first-order valence-corrected chi connectivity index (χ1v) is 10.4. The van der Waals surface area contributed by atoms with Crippen molar-refractivity contribution < 1.29 is 14.3 Å². The largest absolute Gasteiger partial charge is 0.469 e. The summed E-state index contributed by atoms with van der Waals surface area (Å²) in [7, 11) is 1.46. The van der Waals surface area contributed by atoms with E-state index in [1.54, 1.807) is 0 Å². The minimum absolute atomic E-state index is 0.0768. The maximum Gasteiger partial charge on any atom is 0.305 e. The first kappa shape index (κ1) is 21.5. The molecule has 0 aromatic carbocycles. The molecule has 142 valence electrons. The zero-order chi connectivity index (χ0) is 17.6. The number of carbonyl (C=O) groups is 1. The molecular formula is C21H40O3. The van der Waals surface area contributed by atoms with Crippen LogP contribution >= 0.6 is 0 Å². The Bertz CT molecular complexity index is 316. The summed E-state index contributed by atoms with van der Waals surface area (Å²) in [5.41, 5.74) is 0. The van der Waals surface area contributed by atoms with Gasteiger partial charge in [0.05, 0.1) is 19.3 Å². The summed E-state index contributed by atoms with van der Waals surface area (Å²) in [6, 6.07) is 0. The SMILES string of the molecule is CCCCCCC(CC)C1OC1CCCCCCCCC(=O)OC. The summed E-state index contributed by atoms with van der Waals surface area (Å²) in [5, 5.41) is 0. The van der Waals surface area contributed by atoms with Gasteiger partial charge in [-0.2, -0.15) is 0 Å². The van der Waals surface area contributed by atoms with E-state index in [-0.39, 0.29) is 5.97 Å². The van der Waals surface area contributed by atoms with Gasteiger partial charge in [0.1, 0.15) is 0 Å². The maximum atomic E-state index is 11.0. The van der Waals surface area contributed by atoms with E-state index in [9.17, 15) is 4.79 Å². The van der Waals surface area contributed by atoms with Crippen LogP contribution in [0.25, 0.3) is 0 Å². The van der Waals surface area contributed by atoms with Crippen LogP contribution < -0.4 is 0 Å². The van der Waals surface area contributed by atoms with Crippen molar-refractivity contribution in [3.63, 3.8) is 0 Å². The fraction of sp³-hybridized carbons (Fsp3) is 0.952. The van der Waals surface area contributed by atoms with E-state index in [0.717, 1.165) is 18.8 Å². The van der Waals surface area contributed by atoms with Crippen LogP contribution in [0.15, 0.2) is 0 Å². The molecule has 0 amide bonds. The Morgan fingerprint density at radius 3 is 2.29 bits per heavy atom. The zero-order valence-corrected chi connectivity index (χ0v) is 16.4. The summed E-state index contributed by atoms with van der Waals surface area (Å²) in [6.07, 6.45) is 18.3. The molecule has 0 aromatic rings. The van der Waals surface area contributed by atoms with E-state index in [2.05, 4.69) is 18.6 Å². The average molecular weight is 341 g/mol. The van der Waals surface area contributed by atoms with Crippen molar-refractivity contribution in [3.05, 3.63) is 0 Å². The molecule has 3 atom stereocenters. The van der Waals surface area contributed by atoms with Gasteiger partial charge in [0.15, 0.2) is 0 Å². The van der Waals surface area contributed by atoms with Gasteiger partial charge in [-0.1, -0.05) is 78.1 Å². The molecule has 1 aliphatic heterocycles. The fourth-order valence-corrected chi connectivity index (χ4v) is 3.66. The summed E-state index contributed by atoms with van der Waals surface area (Å²) >= 11 is 0. The molecule has 0 radical (unpaired) electrons. The summed E-state index contributed by atoms with van der Waals surface area (Å²) < 4.78 is 10.6. The smallest absolute Gasteiger partial charge is 0.305 e. The van der Waals surface area contributed by atoms with E-state index in [1.165, 1.54) is 77.7 Å². The lowest BCUT2D eigenvalue weighted by Gasteiger charge is -2.11. The number of unbranched alkanes of at least 4 members (excludes halogenated alkanes) is 8. The Morgan fingerprint density at radius 1 is 0.958 bits per heavy atom. The molecule has 0 aliphatic carbocycles. The van der Waals surface area contributed by atoms with Gasteiger partial charge in [-0.05, 0) is 25.2 Å². The fourth-order valence-electron chi connectivity index (χ4n) is 3.66. The Labute approximate surface area is 149 Å². The van der Waals surface area contributed by atoms with Crippen LogP contribution in [-0.4, -0.2) is 25.3 Å². The molecule has 24 heavy (non-hydrogen) atoms. The first-order valence-electron chi connectivity index (χ1n) is 10.4. The number of hydrogen-bond acceptors (Lipinski definition) is 3. The third kappa shape index (κ3) is 9.66. The van der Waals surface area contributed by atoms with Crippen LogP contribution in [0.5, 0.6) is 0 Å². The average Bonchev–Trinajstić information content (AvgIpc) is 3.36. The Balaban J connectivity index is 1.93. The Kier molecular flexibility index (Phi) is 12.2. The Morgan fingerprint density at radius 2 is 1.62 bits per heavy atom. The lowest BCUT2D eigenvalue weighted by atomic mass is 9.92. The molecule has 3 heteroatoms. The number of epoxide rings is 1. The van der Waals surface area contributed by atoms with Gasteiger partial charge in [-0.15, -0.1) is 0 Å². The summed E-state index contributed by atoms with van der Waals surface area (Å²) in [6.45, 7) is 4.59. The standard InChI is InChI=1S/C21H40O3/c1-4-6-7-12-15-18(5-2)21-19(24-21)16-13-10-8-9-11-14-17-20(22)23-3/h18-19,21H,4-17H2,1-3H3. The molecule has 1 saturated heterocycles. The van der Waals surface area contributed by atoms with Crippen LogP contribution in [0, 0.1) is 5.92 Å². The number of hydrogen-bond donors (Lipinski definition) is 0. The van der Waals surface area contributed by atoms with E-state index in [1.807, 2.05) is 0 Å². The number of rotatable bonds is 16. The lowest BCUT2D eigenvalue weighted by Crippen LogP contribution is -2.10. The van der Waals surface area contributed by atoms with Gasteiger partial charge in [0.25, 0.3) is 0 Å². The number of methoxy groups -OCH3 is 1. The zero-order valence-electron chi connectivity index (χ0n) is 16.4. The molecule has 0 aromatic heterocycles. The summed E-state index contributed by atoms with van der Waals surface area (Å²) in [5.74, 6) is 0.720. The Hall–Kier alpha value is -0.570. The first-order chi connectivity index (χ1) is 11.7. The molecule has 3 unspecified atom stereocenters. The third-order valence-corrected chi connectivity index (χ3v) is 5.39. The van der Waals surface area contributed by atoms with Crippen molar-refractivity contribution >= 4 is 5.97 Å². The minimum atomic E-state index is -0.0768. The van der Waals surface area contributed by atoms with Gasteiger partial charge in [-0.25, -0.2) is 0 Å². The molecule has 0 spiro atoms. The van der Waals surface area contributed by atoms with E-state index < -0.39 is 0 Å². The number of ether oxygens (including phenoxy) is 2. The highest BCUT2D eigenvalue weighted by molar-refractivity contribution is 5.68. The van der Waals surface area contributed by atoms with Gasteiger partial charge in [-0.3, -0.25) is 4.79 Å². The molecule has 1 rings (SSSR count). The second-order valence-corrected chi connectivity index (χ2v) is 7.39. The van der Waals surface area contributed by atoms with E-state index in [0.29, 0.717) is 18.6 Å². The van der Waals surface area contributed by atoms with Gasteiger partial charge in [0.2, 0.25) is 0 Å². The molecule has 3 nitrogen and oxygen atoms in total. The second-order valence-electron chi connectivity index (χ2n) is 7.39. The van der Waals surface area contributed by atoms with Gasteiger partial charge >= 0.3 is 5.97 Å². The van der Waals surface area contributed by atoms with Crippen molar-refractivity contribution in [1.29, 1.82) is 0 Å². The molecule has 1 heterocycles. The van der Waals surface area contributed by atoms with Crippen molar-refractivity contribution in [3.8, 4) is 0 Å². The van der Waals surface area contributed by atoms with Gasteiger partial charge < -0.3 is 9.47 Å². The topological polar surface area (TPSA) is 38.8 Å². The number of carbonyl (C=O) groups excluding carboxylic acids is 1. The van der Waals surface area contributed by atoms with Crippen LogP contribution in [0.1, 0.15) is 104 Å². The van der Waals surface area contributed by atoms with Crippen molar-refractivity contribution in [2.45, 2.75) is 116 Å². The predicted octanol–water partition coefficient (Wildman–Crippen LogP) is 6.04. The molecule has 0 N–H and O–H groups in total. The maximum absolute atomic E-state index is 11.0. The van der Waals surface area contributed by atoms with Crippen LogP contribution in [0.3, 0.4) is 0 Å². The monoisotopic (exact) mass is 340 g/mol. The quantitative estimate of drug-likeness (QED) is 0.195. The minimum Gasteiger partial charge on any atom is -0.469 e. The molecular weight excluding hydrogens is 300 g/mol. The van der Waals surface area contributed by atoms with Crippen molar-refractivity contribution in [2.75, 3.05) is 7.11 Å². The summed E-state index contributed by atoms with van der Waals surface area (Å²) in [4.78, 5) is 11.0. The van der Waals surface area contributed by atoms with Crippen molar-refractivity contribution in [1.82, 2.24) is 0 Å². The van der Waals surface area contributed by atoms with Crippen LogP contribution in [-0.2, 0) is 14.3 Å². The van der Waals surface area contributed by atoms with Crippen molar-refractivity contribution in [2.24, 2.45) is 5.92 Å². The van der Waals surface area contributed by atoms with E-state index >= 15 is 0 Å².